The molecule has 0 fully saturated rings. The molecule has 7 nitrogen and oxygen atoms in total. The van der Waals surface area contributed by atoms with Gasteiger partial charge in [-0.1, -0.05) is 11.6 Å². The molecule has 0 saturated carbocycles. The summed E-state index contributed by atoms with van der Waals surface area (Å²) in [5.41, 5.74) is -1.52. The summed E-state index contributed by atoms with van der Waals surface area (Å²) in [5.74, 6) is 0.155. The van der Waals surface area contributed by atoms with Crippen LogP contribution in [0.2, 0.25) is 5.02 Å². The summed E-state index contributed by atoms with van der Waals surface area (Å²) in [7, 11) is -2.98. The number of carbonyl (C=O) groups is 1. The van der Waals surface area contributed by atoms with Crippen molar-refractivity contribution >= 4 is 39.1 Å². The molecule has 29 heavy (non-hydrogen) atoms. The lowest BCUT2D eigenvalue weighted by molar-refractivity contribution is -0.137. The van der Waals surface area contributed by atoms with Crippen LogP contribution >= 0.6 is 11.6 Å². The topological polar surface area (TPSA) is 93.7 Å². The van der Waals surface area contributed by atoms with E-state index in [4.69, 9.17) is 21.1 Å². The summed E-state index contributed by atoms with van der Waals surface area (Å²) < 4.78 is 76.0. The number of methoxy groups -OCH3 is 1. The number of amides is 1. The molecule has 0 bridgehead atoms. The molecule has 0 heterocycles. The molecule has 0 spiro atoms. The van der Waals surface area contributed by atoms with Crippen LogP contribution in [0.4, 0.5) is 29.3 Å². The molecular formula is C17H16ClF3N2O5S. The Morgan fingerprint density at radius 3 is 2.45 bits per heavy atom. The number of hydrogen-bond acceptors (Lipinski definition) is 5. The van der Waals surface area contributed by atoms with E-state index >= 15 is 0 Å². The van der Waals surface area contributed by atoms with Crippen molar-refractivity contribution in [2.75, 3.05) is 23.8 Å². The normalized spacial score (nSPS) is 11.7. The molecule has 0 aromatic heterocycles. The summed E-state index contributed by atoms with van der Waals surface area (Å²) in [6, 6.07) is 6.14. The van der Waals surface area contributed by atoms with E-state index < -0.39 is 32.9 Å². The number of alkyl halides is 3. The van der Waals surface area contributed by atoms with Gasteiger partial charge in [0.25, 0.3) is 10.0 Å². The first-order chi connectivity index (χ1) is 13.5. The monoisotopic (exact) mass is 452 g/mol. The van der Waals surface area contributed by atoms with Gasteiger partial charge >= 0.3 is 12.3 Å². The van der Waals surface area contributed by atoms with Crippen LogP contribution in [-0.2, 0) is 20.9 Å². The predicted molar refractivity (Wildman–Crippen MR) is 101 cm³/mol. The first kappa shape index (κ1) is 22.6. The fourth-order valence-electron chi connectivity index (χ4n) is 2.25. The molecule has 0 aliphatic carbocycles. The molecule has 158 valence electrons. The molecule has 0 atom stereocenters. The Morgan fingerprint density at radius 1 is 1.17 bits per heavy atom. The molecule has 0 radical (unpaired) electrons. The summed E-state index contributed by atoms with van der Waals surface area (Å²) in [4.78, 5) is 11.3. The van der Waals surface area contributed by atoms with Gasteiger partial charge in [0.2, 0.25) is 0 Å². The second kappa shape index (κ2) is 8.78. The average molecular weight is 453 g/mol. The lowest BCUT2D eigenvalue weighted by Gasteiger charge is -2.14. The Morgan fingerprint density at radius 2 is 1.86 bits per heavy atom. The molecule has 1 amide bonds. The summed E-state index contributed by atoms with van der Waals surface area (Å²) >= 11 is 5.53. The van der Waals surface area contributed by atoms with E-state index in [9.17, 15) is 26.4 Å². The zero-order chi connectivity index (χ0) is 21.8. The number of sulfonamides is 1. The zero-order valence-electron chi connectivity index (χ0n) is 15.1. The number of anilines is 2. The Balaban J connectivity index is 2.37. The summed E-state index contributed by atoms with van der Waals surface area (Å²) in [6.07, 6.45) is -5.59. The third kappa shape index (κ3) is 5.67. The lowest BCUT2D eigenvalue weighted by Crippen LogP contribution is -2.17. The van der Waals surface area contributed by atoms with E-state index in [2.05, 4.69) is 5.32 Å². The van der Waals surface area contributed by atoms with Crippen LogP contribution in [0.1, 0.15) is 12.5 Å². The van der Waals surface area contributed by atoms with Crippen LogP contribution in [-0.4, -0.2) is 28.2 Å². The maximum Gasteiger partial charge on any atom is 0.417 e. The first-order valence-corrected chi connectivity index (χ1v) is 9.85. The molecule has 0 aliphatic rings. The highest BCUT2D eigenvalue weighted by atomic mass is 35.5. The van der Waals surface area contributed by atoms with Gasteiger partial charge in [-0.05, 0) is 43.3 Å². The zero-order valence-corrected chi connectivity index (χ0v) is 16.7. The number of rotatable bonds is 6. The average Bonchev–Trinajstić information content (AvgIpc) is 2.62. The number of benzene rings is 2. The Bertz CT molecular complexity index is 1010. The number of nitrogens with one attached hydrogen (secondary N) is 2. The van der Waals surface area contributed by atoms with Crippen LogP contribution in [0.5, 0.6) is 5.75 Å². The number of halogens is 4. The van der Waals surface area contributed by atoms with Crippen LogP contribution < -0.4 is 14.8 Å². The Kier molecular flexibility index (Phi) is 6.85. The minimum absolute atomic E-state index is 0.000844. The minimum Gasteiger partial charge on any atom is -0.495 e. The highest BCUT2D eigenvalue weighted by molar-refractivity contribution is 7.92. The van der Waals surface area contributed by atoms with E-state index in [0.717, 1.165) is 24.3 Å². The molecule has 12 heteroatoms. The second-order valence-electron chi connectivity index (χ2n) is 5.51. The molecule has 2 rings (SSSR count). The third-order valence-electron chi connectivity index (χ3n) is 3.52. The fourth-order valence-corrected chi connectivity index (χ4v) is 3.55. The third-order valence-corrected chi connectivity index (χ3v) is 5.23. The van der Waals surface area contributed by atoms with Crippen molar-refractivity contribution < 1.29 is 35.9 Å². The molecule has 0 saturated heterocycles. The van der Waals surface area contributed by atoms with Gasteiger partial charge in [-0.25, -0.2) is 13.2 Å². The number of hydrogen-bond donors (Lipinski definition) is 2. The maximum absolute atomic E-state index is 13.0. The van der Waals surface area contributed by atoms with Crippen LogP contribution in [0.25, 0.3) is 0 Å². The van der Waals surface area contributed by atoms with E-state index in [1.54, 1.807) is 6.92 Å². The van der Waals surface area contributed by atoms with Crippen molar-refractivity contribution in [3.8, 4) is 5.75 Å². The SMILES string of the molecule is CCOC(=O)Nc1cc(S(=O)(=O)Nc2ccc(Cl)c(C(F)(F)F)c2)ccc1OC. The van der Waals surface area contributed by atoms with Crippen molar-refractivity contribution in [3.63, 3.8) is 0 Å². The van der Waals surface area contributed by atoms with Gasteiger partial charge < -0.3 is 9.47 Å². The van der Waals surface area contributed by atoms with Gasteiger partial charge in [0.1, 0.15) is 5.75 Å². The minimum atomic E-state index is -4.75. The van der Waals surface area contributed by atoms with E-state index in [0.29, 0.717) is 6.07 Å². The second-order valence-corrected chi connectivity index (χ2v) is 7.60. The lowest BCUT2D eigenvalue weighted by atomic mass is 10.2. The Hall–Kier alpha value is -2.66. The molecule has 0 unspecified atom stereocenters. The number of carbonyl (C=O) groups excluding carboxylic acids is 1. The van der Waals surface area contributed by atoms with Gasteiger partial charge in [-0.15, -0.1) is 0 Å². The van der Waals surface area contributed by atoms with Crippen LogP contribution in [0.3, 0.4) is 0 Å². The van der Waals surface area contributed by atoms with Crippen molar-refractivity contribution in [2.45, 2.75) is 18.0 Å². The highest BCUT2D eigenvalue weighted by Crippen LogP contribution is 2.37. The Labute approximate surface area is 169 Å². The highest BCUT2D eigenvalue weighted by Gasteiger charge is 2.33. The maximum atomic E-state index is 13.0. The molecule has 0 aliphatic heterocycles. The van der Waals surface area contributed by atoms with Crippen molar-refractivity contribution in [2.24, 2.45) is 0 Å². The van der Waals surface area contributed by atoms with Crippen LogP contribution in [0, 0.1) is 0 Å². The standard InChI is InChI=1S/C17H16ClF3N2O5S/c1-3-28-16(24)22-14-9-11(5-7-15(14)27-2)29(25,26)23-10-4-6-13(18)12(8-10)17(19,20)21/h4-9,23H,3H2,1-2H3,(H,22,24). The van der Waals surface area contributed by atoms with Gasteiger partial charge in [-0.2, -0.15) is 13.2 Å². The van der Waals surface area contributed by atoms with Gasteiger partial charge in [0.15, 0.2) is 0 Å². The smallest absolute Gasteiger partial charge is 0.417 e. The van der Waals surface area contributed by atoms with Crippen molar-refractivity contribution in [1.82, 2.24) is 0 Å². The first-order valence-electron chi connectivity index (χ1n) is 7.99. The molecule has 2 aromatic carbocycles. The quantitative estimate of drug-likeness (QED) is 0.660. The summed E-state index contributed by atoms with van der Waals surface area (Å²) in [6.45, 7) is 1.68. The van der Waals surface area contributed by atoms with E-state index in [-0.39, 0.29) is 28.6 Å². The molecule has 2 N–H and O–H groups in total. The largest absolute Gasteiger partial charge is 0.495 e. The van der Waals surface area contributed by atoms with Crippen LogP contribution in [0.15, 0.2) is 41.3 Å². The van der Waals surface area contributed by atoms with Gasteiger partial charge in [-0.3, -0.25) is 10.0 Å². The fraction of sp³-hybridized carbons (Fsp3) is 0.235. The number of ether oxygens (including phenoxy) is 2. The molecule has 2 aromatic rings. The van der Waals surface area contributed by atoms with E-state index in [1.807, 2.05) is 4.72 Å². The van der Waals surface area contributed by atoms with Gasteiger partial charge in [0, 0.05) is 5.69 Å². The molecular weight excluding hydrogens is 437 g/mol. The summed E-state index contributed by atoms with van der Waals surface area (Å²) in [5, 5.41) is 1.77. The van der Waals surface area contributed by atoms with E-state index in [1.165, 1.54) is 13.2 Å². The van der Waals surface area contributed by atoms with Crippen molar-refractivity contribution in [3.05, 3.63) is 47.0 Å². The van der Waals surface area contributed by atoms with Gasteiger partial charge in [0.05, 0.1) is 34.9 Å². The van der Waals surface area contributed by atoms with Crippen molar-refractivity contribution in [1.29, 1.82) is 0 Å². The predicted octanol–water partition coefficient (Wildman–Crippen LogP) is 4.74.